The molecule has 1 amide bonds. The Kier molecular flexibility index (Phi) is 3.29. The van der Waals surface area contributed by atoms with Gasteiger partial charge in [0.15, 0.2) is 0 Å². The summed E-state index contributed by atoms with van der Waals surface area (Å²) in [6.07, 6.45) is 4.24. The van der Waals surface area contributed by atoms with E-state index in [1.165, 1.54) is 11.1 Å². The number of rotatable bonds is 3. The molecule has 1 aromatic heterocycles. The number of nitrogens with zero attached hydrogens (tertiary/aromatic N) is 1. The van der Waals surface area contributed by atoms with Crippen LogP contribution in [0.25, 0.3) is 0 Å². The van der Waals surface area contributed by atoms with Crippen LogP contribution in [0.4, 0.5) is 0 Å². The van der Waals surface area contributed by atoms with Crippen molar-refractivity contribution >= 4 is 5.91 Å². The van der Waals surface area contributed by atoms with Gasteiger partial charge < -0.3 is 10.6 Å². The largest absolute Gasteiger partial charge is 0.351 e. The van der Waals surface area contributed by atoms with Crippen molar-refractivity contribution in [2.45, 2.75) is 25.6 Å². The molecule has 5 heteroatoms. The van der Waals surface area contributed by atoms with Crippen molar-refractivity contribution in [3.63, 3.8) is 0 Å². The van der Waals surface area contributed by atoms with Crippen LogP contribution in [0.2, 0.25) is 0 Å². The van der Waals surface area contributed by atoms with E-state index in [4.69, 9.17) is 0 Å². The van der Waals surface area contributed by atoms with E-state index in [0.717, 1.165) is 18.5 Å². The van der Waals surface area contributed by atoms with Crippen LogP contribution in [0, 0.1) is 0 Å². The number of hydrogen-bond donors (Lipinski definition) is 3. The minimum Gasteiger partial charge on any atom is -0.351 e. The second-order valence-electron chi connectivity index (χ2n) is 4.73. The summed E-state index contributed by atoms with van der Waals surface area (Å²) in [6.45, 7) is 1.26. The number of amides is 1. The Morgan fingerprint density at radius 3 is 3.00 bits per heavy atom. The predicted molar refractivity (Wildman–Crippen MR) is 71.2 cm³/mol. The summed E-state index contributed by atoms with van der Waals surface area (Å²) < 4.78 is 0. The molecule has 3 N–H and O–H groups in total. The molecule has 0 saturated heterocycles. The zero-order chi connectivity index (χ0) is 13.1. The third kappa shape index (κ3) is 2.66. The highest BCUT2D eigenvalue weighted by Crippen LogP contribution is 2.16. The molecule has 0 saturated carbocycles. The zero-order valence-electron chi connectivity index (χ0n) is 10.5. The van der Waals surface area contributed by atoms with Crippen LogP contribution in [-0.4, -0.2) is 22.1 Å². The number of aromatic amines is 1. The summed E-state index contributed by atoms with van der Waals surface area (Å²) in [5.41, 5.74) is 3.51. The molecule has 0 spiro atoms. The Bertz CT molecular complexity index is 565. The van der Waals surface area contributed by atoms with Crippen LogP contribution >= 0.6 is 0 Å². The molecule has 98 valence electrons. The third-order valence-electron chi connectivity index (χ3n) is 3.42. The number of carbonyl (C=O) groups is 1. The number of fused-ring (bicyclic) bond motifs is 1. The predicted octanol–water partition coefficient (Wildman–Crippen LogP) is 0.740. The molecule has 0 bridgehead atoms. The van der Waals surface area contributed by atoms with Gasteiger partial charge in [-0.25, -0.2) is 0 Å². The maximum Gasteiger partial charge on any atom is 0.237 e. The minimum absolute atomic E-state index is 0.0377. The summed E-state index contributed by atoms with van der Waals surface area (Å²) in [4.78, 5) is 12.1. The number of benzene rings is 1. The Hall–Kier alpha value is -2.14. The van der Waals surface area contributed by atoms with Crippen molar-refractivity contribution in [3.05, 3.63) is 53.3 Å². The Morgan fingerprint density at radius 2 is 2.21 bits per heavy atom. The Balaban J connectivity index is 1.60. The molecule has 5 nitrogen and oxygen atoms in total. The molecule has 19 heavy (non-hydrogen) atoms. The van der Waals surface area contributed by atoms with Gasteiger partial charge in [-0.3, -0.25) is 9.89 Å². The second kappa shape index (κ2) is 5.24. The lowest BCUT2D eigenvalue weighted by Crippen LogP contribution is -2.47. The molecule has 1 aliphatic heterocycles. The van der Waals surface area contributed by atoms with E-state index in [1.54, 1.807) is 12.4 Å². The molecule has 0 aliphatic carbocycles. The third-order valence-corrected chi connectivity index (χ3v) is 3.42. The van der Waals surface area contributed by atoms with Gasteiger partial charge in [-0.05, 0) is 17.5 Å². The van der Waals surface area contributed by atoms with E-state index < -0.39 is 0 Å². The summed E-state index contributed by atoms with van der Waals surface area (Å²) in [5, 5.41) is 12.8. The lowest BCUT2D eigenvalue weighted by atomic mass is 9.95. The van der Waals surface area contributed by atoms with Gasteiger partial charge in [-0.1, -0.05) is 24.3 Å². The Morgan fingerprint density at radius 1 is 1.37 bits per heavy atom. The summed E-state index contributed by atoms with van der Waals surface area (Å²) in [6, 6.07) is 8.08. The molecule has 2 aromatic rings. The quantitative estimate of drug-likeness (QED) is 0.758. The normalized spacial score (nSPS) is 17.8. The fourth-order valence-corrected chi connectivity index (χ4v) is 2.33. The van der Waals surface area contributed by atoms with E-state index in [2.05, 4.69) is 33.0 Å². The molecule has 0 unspecified atom stereocenters. The van der Waals surface area contributed by atoms with Crippen molar-refractivity contribution in [3.8, 4) is 0 Å². The van der Waals surface area contributed by atoms with E-state index in [0.29, 0.717) is 6.54 Å². The SMILES string of the molecule is O=C(NCc1cn[nH]c1)[C@H]1Cc2ccccc2CN1. The first kappa shape index (κ1) is 11.9. The van der Waals surface area contributed by atoms with E-state index in [9.17, 15) is 4.79 Å². The van der Waals surface area contributed by atoms with Crippen LogP contribution in [0.1, 0.15) is 16.7 Å². The van der Waals surface area contributed by atoms with Gasteiger partial charge >= 0.3 is 0 Å². The maximum atomic E-state index is 12.1. The zero-order valence-corrected chi connectivity index (χ0v) is 10.5. The molecule has 0 radical (unpaired) electrons. The first-order chi connectivity index (χ1) is 9.33. The average Bonchev–Trinajstić information content (AvgIpc) is 2.97. The highest BCUT2D eigenvalue weighted by Gasteiger charge is 2.23. The molecular formula is C14H16N4O. The van der Waals surface area contributed by atoms with E-state index in [-0.39, 0.29) is 11.9 Å². The number of carbonyl (C=O) groups excluding carboxylic acids is 1. The Labute approximate surface area is 111 Å². The van der Waals surface area contributed by atoms with Crippen molar-refractivity contribution in [2.24, 2.45) is 0 Å². The van der Waals surface area contributed by atoms with Crippen molar-refractivity contribution < 1.29 is 4.79 Å². The monoisotopic (exact) mass is 256 g/mol. The molecule has 1 atom stereocenters. The first-order valence-corrected chi connectivity index (χ1v) is 6.38. The summed E-state index contributed by atoms with van der Waals surface area (Å²) in [5.74, 6) is 0.0377. The first-order valence-electron chi connectivity index (χ1n) is 6.38. The van der Waals surface area contributed by atoms with E-state index >= 15 is 0 Å². The molecule has 0 fully saturated rings. The van der Waals surface area contributed by atoms with Gasteiger partial charge in [0.05, 0.1) is 12.2 Å². The smallest absolute Gasteiger partial charge is 0.237 e. The fourth-order valence-electron chi connectivity index (χ4n) is 2.33. The van der Waals surface area contributed by atoms with Gasteiger partial charge in [0, 0.05) is 24.8 Å². The number of H-pyrrole nitrogens is 1. The summed E-state index contributed by atoms with van der Waals surface area (Å²) >= 11 is 0. The van der Waals surface area contributed by atoms with Gasteiger partial charge in [0.2, 0.25) is 5.91 Å². The van der Waals surface area contributed by atoms with Crippen molar-refractivity contribution in [2.75, 3.05) is 0 Å². The molecule has 1 aliphatic rings. The fraction of sp³-hybridized carbons (Fsp3) is 0.286. The maximum absolute atomic E-state index is 12.1. The van der Waals surface area contributed by atoms with Crippen LogP contribution in [0.3, 0.4) is 0 Å². The highest BCUT2D eigenvalue weighted by atomic mass is 16.2. The second-order valence-corrected chi connectivity index (χ2v) is 4.73. The van der Waals surface area contributed by atoms with Crippen LogP contribution in [0.5, 0.6) is 0 Å². The molecule has 2 heterocycles. The van der Waals surface area contributed by atoms with Gasteiger partial charge in [0.1, 0.15) is 0 Å². The molecule has 3 rings (SSSR count). The number of hydrogen-bond acceptors (Lipinski definition) is 3. The summed E-state index contributed by atoms with van der Waals surface area (Å²) in [7, 11) is 0. The molecule has 1 aromatic carbocycles. The van der Waals surface area contributed by atoms with Crippen molar-refractivity contribution in [1.29, 1.82) is 0 Å². The average molecular weight is 256 g/mol. The number of nitrogens with one attached hydrogen (secondary N) is 3. The van der Waals surface area contributed by atoms with E-state index in [1.807, 2.05) is 12.1 Å². The van der Waals surface area contributed by atoms with Crippen molar-refractivity contribution in [1.82, 2.24) is 20.8 Å². The van der Waals surface area contributed by atoms with Crippen LogP contribution in [-0.2, 0) is 24.3 Å². The lowest BCUT2D eigenvalue weighted by Gasteiger charge is -2.25. The minimum atomic E-state index is -0.151. The standard InChI is InChI=1S/C14H16N4O/c19-14(16-6-10-7-17-18-8-10)13-5-11-3-1-2-4-12(11)9-15-13/h1-4,7-8,13,15H,5-6,9H2,(H,16,19)(H,17,18)/t13-/m1/s1. The topological polar surface area (TPSA) is 69.8 Å². The molecular weight excluding hydrogens is 240 g/mol. The van der Waals surface area contributed by atoms with Gasteiger partial charge in [-0.2, -0.15) is 5.10 Å². The lowest BCUT2D eigenvalue weighted by molar-refractivity contribution is -0.123. The highest BCUT2D eigenvalue weighted by molar-refractivity contribution is 5.82. The van der Waals surface area contributed by atoms with Crippen LogP contribution < -0.4 is 10.6 Å². The number of aromatic nitrogens is 2. The van der Waals surface area contributed by atoms with Gasteiger partial charge in [0.25, 0.3) is 0 Å². The van der Waals surface area contributed by atoms with Gasteiger partial charge in [-0.15, -0.1) is 0 Å². The van der Waals surface area contributed by atoms with Crippen LogP contribution in [0.15, 0.2) is 36.7 Å².